The highest BCUT2D eigenvalue weighted by molar-refractivity contribution is 5.75. The van der Waals surface area contributed by atoms with E-state index in [1.54, 1.807) is 0 Å². The fourth-order valence-electron chi connectivity index (χ4n) is 2.09. The van der Waals surface area contributed by atoms with Crippen LogP contribution in [0.2, 0.25) is 0 Å². The van der Waals surface area contributed by atoms with E-state index >= 15 is 0 Å². The molecule has 0 aliphatic heterocycles. The van der Waals surface area contributed by atoms with Gasteiger partial charge in [0.05, 0.1) is 5.92 Å². The normalized spacial score (nSPS) is 16.8. The van der Waals surface area contributed by atoms with Gasteiger partial charge in [-0.2, -0.15) is 4.39 Å². The van der Waals surface area contributed by atoms with Crippen LogP contribution in [-0.4, -0.2) is 5.97 Å². The molecule has 2 nitrogen and oxygen atoms in total. The molecule has 1 saturated carbocycles. The van der Waals surface area contributed by atoms with Gasteiger partial charge in [0.25, 0.3) is 0 Å². The van der Waals surface area contributed by atoms with Crippen LogP contribution in [0.3, 0.4) is 0 Å². The van der Waals surface area contributed by atoms with Gasteiger partial charge in [0.1, 0.15) is 0 Å². The number of rotatable bonds is 2. The van der Waals surface area contributed by atoms with E-state index in [2.05, 4.69) is 0 Å². The number of halogens is 2. The third-order valence-corrected chi connectivity index (χ3v) is 3.07. The van der Waals surface area contributed by atoms with Crippen LogP contribution in [-0.2, 0) is 4.79 Å². The quantitative estimate of drug-likeness (QED) is 0.584. The average molecular weight is 240 g/mol. The smallest absolute Gasteiger partial charge is 0.314 e. The number of benzene rings is 1. The molecule has 1 aliphatic rings. The second-order valence-corrected chi connectivity index (χ2v) is 4.31. The molecule has 2 rings (SSSR count). The molecule has 1 aromatic carbocycles. The molecule has 0 saturated heterocycles. The van der Waals surface area contributed by atoms with Crippen LogP contribution in [0.5, 0.6) is 5.75 Å². The molecular formula is C13H14F2O2. The van der Waals surface area contributed by atoms with Gasteiger partial charge >= 0.3 is 5.97 Å². The van der Waals surface area contributed by atoms with Crippen molar-refractivity contribution < 1.29 is 18.3 Å². The molecule has 0 spiro atoms. The molecule has 1 fully saturated rings. The summed E-state index contributed by atoms with van der Waals surface area (Å²) in [6.45, 7) is 0. The molecule has 17 heavy (non-hydrogen) atoms. The van der Waals surface area contributed by atoms with Crippen LogP contribution in [0.4, 0.5) is 8.78 Å². The zero-order valence-electron chi connectivity index (χ0n) is 9.42. The van der Waals surface area contributed by atoms with Crippen LogP contribution < -0.4 is 4.74 Å². The minimum Gasteiger partial charge on any atom is -0.423 e. The zero-order valence-corrected chi connectivity index (χ0v) is 9.42. The lowest BCUT2D eigenvalue weighted by atomic mass is 9.89. The van der Waals surface area contributed by atoms with Crippen LogP contribution in [0.25, 0.3) is 0 Å². The van der Waals surface area contributed by atoms with Gasteiger partial charge in [-0.25, -0.2) is 4.39 Å². The Kier molecular flexibility index (Phi) is 3.71. The Labute approximate surface area is 98.6 Å². The molecule has 0 unspecified atom stereocenters. The van der Waals surface area contributed by atoms with Crippen molar-refractivity contribution in [1.29, 1.82) is 0 Å². The van der Waals surface area contributed by atoms with E-state index in [-0.39, 0.29) is 11.7 Å². The van der Waals surface area contributed by atoms with Gasteiger partial charge in [-0.1, -0.05) is 25.3 Å². The molecule has 0 amide bonds. The molecule has 1 aromatic rings. The summed E-state index contributed by atoms with van der Waals surface area (Å²) in [6, 6.07) is 3.58. The number of hydrogen-bond donors (Lipinski definition) is 0. The Morgan fingerprint density at radius 1 is 1.18 bits per heavy atom. The first kappa shape index (κ1) is 12.0. The second-order valence-electron chi connectivity index (χ2n) is 4.31. The van der Waals surface area contributed by atoms with Crippen molar-refractivity contribution in [1.82, 2.24) is 0 Å². The summed E-state index contributed by atoms with van der Waals surface area (Å²) < 4.78 is 31.1. The highest BCUT2D eigenvalue weighted by Crippen LogP contribution is 2.27. The zero-order chi connectivity index (χ0) is 12.3. The number of carbonyl (C=O) groups is 1. The maximum atomic E-state index is 13.3. The standard InChI is InChI=1S/C13H14F2O2/c14-10-7-4-8-11(12(10)15)17-13(16)9-5-2-1-3-6-9/h4,7-9H,1-3,5-6H2. The highest BCUT2D eigenvalue weighted by atomic mass is 19.2. The minimum absolute atomic E-state index is 0.175. The van der Waals surface area contributed by atoms with E-state index in [0.717, 1.165) is 38.2 Å². The van der Waals surface area contributed by atoms with E-state index in [4.69, 9.17) is 4.74 Å². The summed E-state index contributed by atoms with van der Waals surface area (Å²) in [5.74, 6) is -3.04. The van der Waals surface area contributed by atoms with Crippen molar-refractivity contribution >= 4 is 5.97 Å². The molecule has 92 valence electrons. The third kappa shape index (κ3) is 2.81. The summed E-state index contributed by atoms with van der Waals surface area (Å²) in [5.41, 5.74) is 0. The molecule has 1 aliphatic carbocycles. The monoisotopic (exact) mass is 240 g/mol. The summed E-state index contributed by atoms with van der Waals surface area (Å²) in [6.07, 6.45) is 4.65. The topological polar surface area (TPSA) is 26.3 Å². The van der Waals surface area contributed by atoms with Crippen molar-refractivity contribution in [2.45, 2.75) is 32.1 Å². The minimum atomic E-state index is -1.10. The lowest BCUT2D eigenvalue weighted by molar-refractivity contribution is -0.140. The van der Waals surface area contributed by atoms with Crippen molar-refractivity contribution in [3.63, 3.8) is 0 Å². The van der Waals surface area contributed by atoms with Gasteiger partial charge in [-0.15, -0.1) is 0 Å². The van der Waals surface area contributed by atoms with Crippen LogP contribution in [0.15, 0.2) is 18.2 Å². The van der Waals surface area contributed by atoms with Gasteiger partial charge in [0.2, 0.25) is 5.82 Å². The summed E-state index contributed by atoms with van der Waals surface area (Å²) in [7, 11) is 0. The van der Waals surface area contributed by atoms with E-state index < -0.39 is 17.6 Å². The first-order valence-electron chi connectivity index (χ1n) is 5.84. The molecule has 0 aromatic heterocycles. The second kappa shape index (κ2) is 5.25. The van der Waals surface area contributed by atoms with Crippen molar-refractivity contribution in [2.24, 2.45) is 5.92 Å². The number of hydrogen-bond acceptors (Lipinski definition) is 2. The first-order valence-corrected chi connectivity index (χ1v) is 5.84. The van der Waals surface area contributed by atoms with Crippen LogP contribution in [0, 0.1) is 17.6 Å². The van der Waals surface area contributed by atoms with E-state index in [0.29, 0.717) is 0 Å². The van der Waals surface area contributed by atoms with Gasteiger partial charge in [0.15, 0.2) is 11.6 Å². The Morgan fingerprint density at radius 2 is 1.88 bits per heavy atom. The van der Waals surface area contributed by atoms with Crippen molar-refractivity contribution in [3.8, 4) is 5.75 Å². The molecule has 0 heterocycles. The molecule has 0 atom stereocenters. The summed E-state index contributed by atoms with van der Waals surface area (Å²) >= 11 is 0. The number of carbonyl (C=O) groups excluding carboxylic acids is 1. The molecule has 0 radical (unpaired) electrons. The van der Waals surface area contributed by atoms with Gasteiger partial charge in [0, 0.05) is 0 Å². The van der Waals surface area contributed by atoms with Gasteiger partial charge < -0.3 is 4.74 Å². The molecule has 4 heteroatoms. The molecule has 0 N–H and O–H groups in total. The predicted molar refractivity (Wildman–Crippen MR) is 58.6 cm³/mol. The Hall–Kier alpha value is -1.45. The summed E-state index contributed by atoms with van der Waals surface area (Å²) in [5, 5.41) is 0. The average Bonchev–Trinajstić information content (AvgIpc) is 2.36. The third-order valence-electron chi connectivity index (χ3n) is 3.07. The SMILES string of the molecule is O=C(Oc1cccc(F)c1F)C1CCCCC1. The fraction of sp³-hybridized carbons (Fsp3) is 0.462. The number of ether oxygens (including phenoxy) is 1. The highest BCUT2D eigenvalue weighted by Gasteiger charge is 2.24. The van der Waals surface area contributed by atoms with Crippen molar-refractivity contribution in [3.05, 3.63) is 29.8 Å². The largest absolute Gasteiger partial charge is 0.423 e. The lowest BCUT2D eigenvalue weighted by Gasteiger charge is -2.19. The Balaban J connectivity index is 2.04. The Bertz CT molecular complexity index is 412. The van der Waals surface area contributed by atoms with Gasteiger partial charge in [-0.3, -0.25) is 4.79 Å². The predicted octanol–water partition coefficient (Wildman–Crippen LogP) is 3.45. The van der Waals surface area contributed by atoms with E-state index in [9.17, 15) is 13.6 Å². The van der Waals surface area contributed by atoms with Gasteiger partial charge in [-0.05, 0) is 25.0 Å². The Morgan fingerprint density at radius 3 is 2.59 bits per heavy atom. The fourth-order valence-corrected chi connectivity index (χ4v) is 2.09. The lowest BCUT2D eigenvalue weighted by Crippen LogP contribution is -2.23. The van der Waals surface area contributed by atoms with E-state index in [1.165, 1.54) is 12.1 Å². The first-order chi connectivity index (χ1) is 8.18. The van der Waals surface area contributed by atoms with Crippen LogP contribution >= 0.6 is 0 Å². The molecular weight excluding hydrogens is 226 g/mol. The number of esters is 1. The maximum Gasteiger partial charge on any atom is 0.314 e. The van der Waals surface area contributed by atoms with E-state index in [1.807, 2.05) is 0 Å². The van der Waals surface area contributed by atoms with Crippen LogP contribution in [0.1, 0.15) is 32.1 Å². The summed E-state index contributed by atoms with van der Waals surface area (Å²) in [4.78, 5) is 11.7. The molecule has 0 bridgehead atoms. The maximum absolute atomic E-state index is 13.3. The van der Waals surface area contributed by atoms with Crippen molar-refractivity contribution in [2.75, 3.05) is 0 Å².